The number of hydrogen-bond donors (Lipinski definition) is 2. The van der Waals surface area contributed by atoms with Crippen LogP contribution >= 0.6 is 0 Å². The third-order valence-electron chi connectivity index (χ3n) is 6.18. The van der Waals surface area contributed by atoms with E-state index in [0.29, 0.717) is 47.9 Å². The van der Waals surface area contributed by atoms with Crippen LogP contribution < -0.4 is 14.8 Å². The molecule has 1 heterocycles. The van der Waals surface area contributed by atoms with Gasteiger partial charge in [0.2, 0.25) is 5.91 Å². The quantitative estimate of drug-likeness (QED) is 0.466. The summed E-state index contributed by atoms with van der Waals surface area (Å²) in [6.45, 7) is 0.901. The summed E-state index contributed by atoms with van der Waals surface area (Å²) in [6, 6.07) is 23.2. The molecule has 184 valence electrons. The summed E-state index contributed by atoms with van der Waals surface area (Å²) >= 11 is 0. The van der Waals surface area contributed by atoms with Crippen molar-refractivity contribution in [2.24, 2.45) is 5.92 Å². The molecule has 36 heavy (non-hydrogen) atoms. The lowest BCUT2D eigenvalue weighted by atomic mass is 10.0. The Morgan fingerprint density at radius 1 is 1.11 bits per heavy atom. The number of likely N-dealkylation sites (tertiary alicyclic amines) is 1. The first kappa shape index (κ1) is 24.6. The maximum absolute atomic E-state index is 13.6. The van der Waals surface area contributed by atoms with Gasteiger partial charge >= 0.3 is 5.97 Å². The molecule has 0 spiro atoms. The van der Waals surface area contributed by atoms with Crippen LogP contribution in [0.4, 0.5) is 5.69 Å². The van der Waals surface area contributed by atoms with Crippen LogP contribution in [0.3, 0.4) is 0 Å². The van der Waals surface area contributed by atoms with Crippen molar-refractivity contribution in [3.63, 3.8) is 0 Å². The van der Waals surface area contributed by atoms with Crippen LogP contribution in [-0.2, 0) is 16.2 Å². The van der Waals surface area contributed by atoms with Gasteiger partial charge in [0.1, 0.15) is 12.6 Å². The third-order valence-corrected chi connectivity index (χ3v) is 6.18. The normalized spacial score (nSPS) is 15.6. The Balaban J connectivity index is 1.60. The molecule has 0 saturated carbocycles. The number of amides is 1. The third kappa shape index (κ3) is 5.76. The summed E-state index contributed by atoms with van der Waals surface area (Å²) in [5, 5.41) is 21.7. The first-order valence-electron chi connectivity index (χ1n) is 11.6. The molecule has 3 aromatic carbocycles. The number of carbonyl (C=O) groups is 2. The molecular weight excluding hydrogens is 458 g/mol. The van der Waals surface area contributed by atoms with Crippen LogP contribution in [0.1, 0.15) is 29.2 Å². The van der Waals surface area contributed by atoms with Crippen molar-refractivity contribution in [3.05, 3.63) is 89.5 Å². The molecular formula is C28H27N3O5. The lowest BCUT2D eigenvalue weighted by Crippen LogP contribution is -2.37. The summed E-state index contributed by atoms with van der Waals surface area (Å²) in [4.78, 5) is 26.6. The Morgan fingerprint density at radius 2 is 1.86 bits per heavy atom. The Bertz CT molecular complexity index is 1250. The molecule has 1 aliphatic rings. The summed E-state index contributed by atoms with van der Waals surface area (Å²) in [5.74, 6) is -0.686. The van der Waals surface area contributed by atoms with Gasteiger partial charge in [0, 0.05) is 18.8 Å². The molecule has 2 atom stereocenters. The molecule has 0 aliphatic carbocycles. The molecule has 3 aromatic rings. The van der Waals surface area contributed by atoms with Crippen molar-refractivity contribution in [2.75, 3.05) is 25.5 Å². The van der Waals surface area contributed by atoms with Gasteiger partial charge in [0.25, 0.3) is 0 Å². The maximum Gasteiger partial charge on any atom is 0.308 e. The number of nitriles is 1. The minimum Gasteiger partial charge on any atom is -0.493 e. The number of aliphatic carboxylic acids is 1. The average Bonchev–Trinajstić information content (AvgIpc) is 3.42. The number of anilines is 1. The number of methoxy groups -OCH3 is 1. The van der Waals surface area contributed by atoms with Gasteiger partial charge in [-0.3, -0.25) is 9.59 Å². The van der Waals surface area contributed by atoms with Crippen LogP contribution in [0.5, 0.6) is 11.5 Å². The van der Waals surface area contributed by atoms with E-state index in [-0.39, 0.29) is 12.5 Å². The molecule has 4 rings (SSSR count). The fourth-order valence-corrected chi connectivity index (χ4v) is 4.16. The Morgan fingerprint density at radius 3 is 2.50 bits per heavy atom. The maximum atomic E-state index is 13.6. The SMILES string of the molecule is COc1cc(C(Nc2ccc(C#N)cc2)C(=O)N2CCC(C(=O)O)C2)ccc1OCc1ccccc1. The summed E-state index contributed by atoms with van der Waals surface area (Å²) < 4.78 is 11.5. The van der Waals surface area contributed by atoms with Crippen molar-refractivity contribution >= 4 is 17.6 Å². The number of carbonyl (C=O) groups excluding carboxylic acids is 1. The molecule has 2 unspecified atom stereocenters. The molecule has 1 saturated heterocycles. The molecule has 1 fully saturated rings. The van der Waals surface area contributed by atoms with Gasteiger partial charge in [0.15, 0.2) is 11.5 Å². The van der Waals surface area contributed by atoms with Crippen molar-refractivity contribution in [1.82, 2.24) is 4.90 Å². The molecule has 1 amide bonds. The topological polar surface area (TPSA) is 112 Å². The minimum absolute atomic E-state index is 0.162. The van der Waals surface area contributed by atoms with Gasteiger partial charge in [-0.1, -0.05) is 36.4 Å². The summed E-state index contributed by atoms with van der Waals surface area (Å²) in [7, 11) is 1.54. The smallest absolute Gasteiger partial charge is 0.308 e. The number of ether oxygens (including phenoxy) is 2. The number of carboxylic acids is 1. The first-order chi connectivity index (χ1) is 17.5. The minimum atomic E-state index is -0.900. The average molecular weight is 486 g/mol. The highest BCUT2D eigenvalue weighted by atomic mass is 16.5. The van der Waals surface area contributed by atoms with Gasteiger partial charge in [-0.2, -0.15) is 5.26 Å². The Hall–Kier alpha value is -4.51. The predicted molar refractivity (Wildman–Crippen MR) is 134 cm³/mol. The van der Waals surface area contributed by atoms with Crippen molar-refractivity contribution < 1.29 is 24.2 Å². The molecule has 1 aliphatic heterocycles. The highest BCUT2D eigenvalue weighted by Crippen LogP contribution is 2.34. The molecule has 0 radical (unpaired) electrons. The molecule has 2 N–H and O–H groups in total. The van der Waals surface area contributed by atoms with E-state index in [1.54, 1.807) is 47.4 Å². The van der Waals surface area contributed by atoms with Gasteiger partial charge in [-0.15, -0.1) is 0 Å². The Kier molecular flexibility index (Phi) is 7.71. The highest BCUT2D eigenvalue weighted by Gasteiger charge is 2.35. The van der Waals surface area contributed by atoms with Gasteiger partial charge in [0.05, 0.1) is 24.7 Å². The summed E-state index contributed by atoms with van der Waals surface area (Å²) in [6.07, 6.45) is 0.417. The van der Waals surface area contributed by atoms with Crippen molar-refractivity contribution in [2.45, 2.75) is 19.1 Å². The molecule has 8 heteroatoms. The number of nitrogens with one attached hydrogen (secondary N) is 1. The van der Waals surface area contributed by atoms with E-state index in [1.165, 1.54) is 7.11 Å². The van der Waals surface area contributed by atoms with E-state index < -0.39 is 17.9 Å². The standard InChI is InChI=1S/C28H27N3O5/c1-35-25-15-21(9-12-24(25)36-18-20-5-3-2-4-6-20)26(30-23-10-7-19(16-29)8-11-23)27(32)31-14-13-22(17-31)28(33)34/h2-12,15,22,26,30H,13-14,17-18H2,1H3,(H,33,34). The zero-order valence-corrected chi connectivity index (χ0v) is 19.9. The lowest BCUT2D eigenvalue weighted by molar-refractivity contribution is -0.141. The molecule has 0 bridgehead atoms. The first-order valence-corrected chi connectivity index (χ1v) is 11.6. The van der Waals surface area contributed by atoms with E-state index in [0.717, 1.165) is 5.56 Å². The number of nitrogens with zero attached hydrogens (tertiary/aromatic N) is 2. The summed E-state index contributed by atoms with van der Waals surface area (Å²) in [5.41, 5.74) is 2.83. The van der Waals surface area contributed by atoms with E-state index in [9.17, 15) is 14.7 Å². The van der Waals surface area contributed by atoms with Crippen LogP contribution in [0.2, 0.25) is 0 Å². The van der Waals surface area contributed by atoms with Crippen LogP contribution in [0, 0.1) is 17.2 Å². The van der Waals surface area contributed by atoms with Crippen LogP contribution in [0.25, 0.3) is 0 Å². The Labute approximate surface area is 209 Å². The van der Waals surface area contributed by atoms with E-state index in [1.807, 2.05) is 30.3 Å². The van der Waals surface area contributed by atoms with Gasteiger partial charge in [-0.05, 0) is 53.9 Å². The molecule has 0 aromatic heterocycles. The van der Waals surface area contributed by atoms with Gasteiger partial charge < -0.3 is 24.8 Å². The van der Waals surface area contributed by atoms with Crippen LogP contribution in [0.15, 0.2) is 72.8 Å². The number of hydrogen-bond acceptors (Lipinski definition) is 6. The highest BCUT2D eigenvalue weighted by molar-refractivity contribution is 5.87. The van der Waals surface area contributed by atoms with E-state index in [4.69, 9.17) is 14.7 Å². The second-order valence-corrected chi connectivity index (χ2v) is 8.56. The monoisotopic (exact) mass is 485 g/mol. The second-order valence-electron chi connectivity index (χ2n) is 8.56. The van der Waals surface area contributed by atoms with Crippen molar-refractivity contribution in [3.8, 4) is 17.6 Å². The predicted octanol–water partition coefficient (Wildman–Crippen LogP) is 4.23. The lowest BCUT2D eigenvalue weighted by Gasteiger charge is -2.26. The zero-order chi connectivity index (χ0) is 25.5. The van der Waals surface area contributed by atoms with Crippen molar-refractivity contribution in [1.29, 1.82) is 5.26 Å². The van der Waals surface area contributed by atoms with Gasteiger partial charge in [-0.25, -0.2) is 0 Å². The second kappa shape index (κ2) is 11.3. The van der Waals surface area contributed by atoms with E-state index in [2.05, 4.69) is 11.4 Å². The molecule has 8 nitrogen and oxygen atoms in total. The largest absolute Gasteiger partial charge is 0.493 e. The zero-order valence-electron chi connectivity index (χ0n) is 19.9. The van der Waals surface area contributed by atoms with Crippen LogP contribution in [-0.4, -0.2) is 42.1 Å². The number of benzene rings is 3. The fraction of sp³-hybridized carbons (Fsp3) is 0.250. The fourth-order valence-electron chi connectivity index (χ4n) is 4.16. The van der Waals surface area contributed by atoms with E-state index >= 15 is 0 Å². The number of rotatable bonds is 9. The number of carboxylic acid groups (broad SMARTS) is 1.